The van der Waals surface area contributed by atoms with Gasteiger partial charge in [0.1, 0.15) is 6.54 Å². The molecule has 7 heteroatoms. The van der Waals surface area contributed by atoms with E-state index in [9.17, 15) is 13.2 Å². The molecule has 1 aliphatic heterocycles. The Hall–Kier alpha value is -2.54. The quantitative estimate of drug-likeness (QED) is 0.754. The lowest BCUT2D eigenvalue weighted by molar-refractivity contribution is -0.114. The zero-order valence-electron chi connectivity index (χ0n) is 18.2. The van der Waals surface area contributed by atoms with E-state index in [4.69, 9.17) is 0 Å². The van der Waals surface area contributed by atoms with Gasteiger partial charge in [0.25, 0.3) is 0 Å². The number of nitrogens with zero attached hydrogens (tertiary/aromatic N) is 2. The predicted molar refractivity (Wildman–Crippen MR) is 124 cm³/mol. The molecule has 2 aromatic rings. The van der Waals surface area contributed by atoms with Gasteiger partial charge in [-0.1, -0.05) is 32.9 Å². The van der Waals surface area contributed by atoms with Crippen LogP contribution in [0.25, 0.3) is 0 Å². The molecule has 1 saturated heterocycles. The summed E-state index contributed by atoms with van der Waals surface area (Å²) in [6, 6.07) is 15.0. The lowest BCUT2D eigenvalue weighted by Gasteiger charge is -2.24. The maximum Gasteiger partial charge on any atom is 0.245 e. The summed E-state index contributed by atoms with van der Waals surface area (Å²) in [6.07, 6.45) is 3.52. The van der Waals surface area contributed by atoms with Gasteiger partial charge in [-0.25, -0.2) is 8.42 Å². The number of hydrogen-bond acceptors (Lipinski definition) is 4. The van der Waals surface area contributed by atoms with E-state index in [1.807, 2.05) is 36.4 Å². The Morgan fingerprint density at radius 2 is 1.57 bits per heavy atom. The monoisotopic (exact) mass is 429 g/mol. The first-order valence-corrected chi connectivity index (χ1v) is 12.1. The second kappa shape index (κ2) is 8.68. The van der Waals surface area contributed by atoms with E-state index < -0.39 is 10.0 Å². The van der Waals surface area contributed by atoms with Crippen LogP contribution in [0.5, 0.6) is 0 Å². The highest BCUT2D eigenvalue weighted by atomic mass is 32.2. The molecule has 0 aliphatic carbocycles. The molecular weight excluding hydrogens is 398 g/mol. The third-order valence-electron chi connectivity index (χ3n) is 5.33. The number of carbonyl (C=O) groups is 1. The number of anilines is 3. The van der Waals surface area contributed by atoms with Crippen molar-refractivity contribution in [2.45, 2.75) is 39.0 Å². The largest absolute Gasteiger partial charge is 0.372 e. The van der Waals surface area contributed by atoms with E-state index in [-0.39, 0.29) is 17.9 Å². The van der Waals surface area contributed by atoms with Crippen molar-refractivity contribution in [2.24, 2.45) is 0 Å². The van der Waals surface area contributed by atoms with Crippen LogP contribution >= 0.6 is 0 Å². The minimum Gasteiger partial charge on any atom is -0.372 e. The highest BCUT2D eigenvalue weighted by Crippen LogP contribution is 2.26. The first-order chi connectivity index (χ1) is 14.0. The third-order valence-corrected chi connectivity index (χ3v) is 6.47. The van der Waals surface area contributed by atoms with Crippen molar-refractivity contribution in [3.8, 4) is 0 Å². The molecule has 0 spiro atoms. The van der Waals surface area contributed by atoms with Crippen LogP contribution in [0.4, 0.5) is 17.1 Å². The molecule has 0 radical (unpaired) electrons. The zero-order chi connectivity index (χ0) is 21.9. The maximum absolute atomic E-state index is 12.6. The summed E-state index contributed by atoms with van der Waals surface area (Å²) in [5.74, 6) is -0.380. The second-order valence-electron chi connectivity index (χ2n) is 8.86. The van der Waals surface area contributed by atoms with Crippen molar-refractivity contribution in [3.05, 3.63) is 54.1 Å². The average molecular weight is 430 g/mol. The fraction of sp³-hybridized carbons (Fsp3) is 0.435. The number of benzene rings is 2. The molecule has 0 saturated carbocycles. The Morgan fingerprint density at radius 1 is 1.00 bits per heavy atom. The van der Waals surface area contributed by atoms with E-state index in [1.165, 1.54) is 12.8 Å². The molecule has 0 aromatic heterocycles. The third kappa shape index (κ3) is 5.53. The number of sulfonamides is 1. The molecule has 0 atom stereocenters. The average Bonchev–Trinajstić information content (AvgIpc) is 3.20. The Kier molecular flexibility index (Phi) is 6.41. The first kappa shape index (κ1) is 22.2. The number of carbonyl (C=O) groups excluding carboxylic acids is 1. The van der Waals surface area contributed by atoms with Gasteiger partial charge in [-0.05, 0) is 60.2 Å². The molecule has 1 N–H and O–H groups in total. The topological polar surface area (TPSA) is 69.7 Å². The molecule has 1 heterocycles. The summed E-state index contributed by atoms with van der Waals surface area (Å²) in [6.45, 7) is 8.13. The van der Waals surface area contributed by atoms with Gasteiger partial charge >= 0.3 is 0 Å². The predicted octanol–water partition coefficient (Wildman–Crippen LogP) is 3.99. The Morgan fingerprint density at radius 3 is 2.07 bits per heavy atom. The minimum atomic E-state index is -3.61. The number of rotatable bonds is 6. The van der Waals surface area contributed by atoms with Crippen LogP contribution in [-0.4, -0.2) is 40.2 Å². The van der Waals surface area contributed by atoms with Crippen LogP contribution < -0.4 is 14.5 Å². The standard InChI is InChI=1S/C23H31N3O3S/c1-23(2,3)18-7-11-21(12-8-18)26(30(4,28)29)17-22(27)24-19-9-13-20(14-10-19)25-15-5-6-16-25/h7-14H,5-6,15-17H2,1-4H3,(H,24,27). The highest BCUT2D eigenvalue weighted by molar-refractivity contribution is 7.92. The van der Waals surface area contributed by atoms with Gasteiger partial charge in [-0.2, -0.15) is 0 Å². The first-order valence-electron chi connectivity index (χ1n) is 10.3. The molecule has 162 valence electrons. The Labute approximate surface area is 179 Å². The van der Waals surface area contributed by atoms with E-state index in [0.717, 1.165) is 34.9 Å². The van der Waals surface area contributed by atoms with Gasteiger partial charge in [0.05, 0.1) is 11.9 Å². The zero-order valence-corrected chi connectivity index (χ0v) is 19.0. The molecule has 3 rings (SSSR count). The van der Waals surface area contributed by atoms with Gasteiger partial charge in [-0.3, -0.25) is 9.10 Å². The Balaban J connectivity index is 1.70. The minimum absolute atomic E-state index is 0.0347. The molecule has 6 nitrogen and oxygen atoms in total. The van der Waals surface area contributed by atoms with Crippen LogP contribution in [0.2, 0.25) is 0 Å². The Bertz CT molecular complexity index is 972. The van der Waals surface area contributed by atoms with Crippen LogP contribution in [0, 0.1) is 0 Å². The van der Waals surface area contributed by atoms with Crippen LogP contribution in [0.15, 0.2) is 48.5 Å². The van der Waals surface area contributed by atoms with Crippen molar-refractivity contribution in [1.82, 2.24) is 0 Å². The van der Waals surface area contributed by atoms with Gasteiger partial charge in [0, 0.05) is 24.5 Å². The number of amides is 1. The molecule has 1 amide bonds. The summed E-state index contributed by atoms with van der Waals surface area (Å²) in [4.78, 5) is 14.9. The SMILES string of the molecule is CC(C)(C)c1ccc(N(CC(=O)Nc2ccc(N3CCCC3)cc2)S(C)(=O)=O)cc1. The number of hydrogen-bond donors (Lipinski definition) is 1. The maximum atomic E-state index is 12.6. The van der Waals surface area contributed by atoms with Crippen molar-refractivity contribution >= 4 is 33.0 Å². The van der Waals surface area contributed by atoms with E-state index in [0.29, 0.717) is 11.4 Å². The fourth-order valence-corrected chi connectivity index (χ4v) is 4.45. The fourth-order valence-electron chi connectivity index (χ4n) is 3.59. The molecule has 1 fully saturated rings. The summed E-state index contributed by atoms with van der Waals surface area (Å²) >= 11 is 0. The van der Waals surface area contributed by atoms with Gasteiger partial charge in [-0.15, -0.1) is 0 Å². The molecule has 1 aliphatic rings. The molecule has 0 unspecified atom stereocenters. The summed E-state index contributed by atoms with van der Waals surface area (Å²) < 4.78 is 25.8. The normalized spacial score (nSPS) is 14.6. The van der Waals surface area contributed by atoms with Crippen molar-refractivity contribution in [1.29, 1.82) is 0 Å². The molecular formula is C23H31N3O3S. The smallest absolute Gasteiger partial charge is 0.245 e. The van der Waals surface area contributed by atoms with Crippen LogP contribution in [0.3, 0.4) is 0 Å². The lowest BCUT2D eigenvalue weighted by Crippen LogP contribution is -2.37. The molecule has 2 aromatic carbocycles. The highest BCUT2D eigenvalue weighted by Gasteiger charge is 2.22. The van der Waals surface area contributed by atoms with Gasteiger partial charge in [0.15, 0.2) is 0 Å². The van der Waals surface area contributed by atoms with E-state index >= 15 is 0 Å². The summed E-state index contributed by atoms with van der Waals surface area (Å²) in [5, 5.41) is 2.80. The van der Waals surface area contributed by atoms with Crippen molar-refractivity contribution in [2.75, 3.05) is 40.4 Å². The number of nitrogens with one attached hydrogen (secondary N) is 1. The van der Waals surface area contributed by atoms with Crippen LogP contribution in [-0.2, 0) is 20.2 Å². The lowest BCUT2D eigenvalue weighted by atomic mass is 9.87. The van der Waals surface area contributed by atoms with E-state index in [2.05, 4.69) is 31.0 Å². The second-order valence-corrected chi connectivity index (χ2v) is 10.8. The van der Waals surface area contributed by atoms with Gasteiger partial charge < -0.3 is 10.2 Å². The van der Waals surface area contributed by atoms with Crippen molar-refractivity contribution < 1.29 is 13.2 Å². The molecule has 30 heavy (non-hydrogen) atoms. The van der Waals surface area contributed by atoms with E-state index in [1.54, 1.807) is 12.1 Å². The molecule has 0 bridgehead atoms. The summed E-state index contributed by atoms with van der Waals surface area (Å²) in [7, 11) is -3.61. The van der Waals surface area contributed by atoms with Crippen LogP contribution in [0.1, 0.15) is 39.2 Å². The van der Waals surface area contributed by atoms with Gasteiger partial charge in [0.2, 0.25) is 15.9 Å². The van der Waals surface area contributed by atoms with Crippen molar-refractivity contribution in [3.63, 3.8) is 0 Å². The summed E-state index contributed by atoms with van der Waals surface area (Å²) in [5.41, 5.74) is 3.33.